The molecule has 1 unspecified atom stereocenters. The number of aryl methyl sites for hydroxylation is 1. The monoisotopic (exact) mass is 343 g/mol. The van der Waals surface area contributed by atoms with E-state index in [0.29, 0.717) is 11.4 Å². The van der Waals surface area contributed by atoms with E-state index in [1.54, 1.807) is 38.4 Å². The molecule has 0 aliphatic rings. The van der Waals surface area contributed by atoms with Crippen molar-refractivity contribution in [2.75, 3.05) is 0 Å². The normalized spacial score (nSPS) is 13.4. The van der Waals surface area contributed by atoms with Crippen LogP contribution in [-0.2, 0) is 10.0 Å². The van der Waals surface area contributed by atoms with E-state index < -0.39 is 16.1 Å². The third kappa shape index (κ3) is 3.23. The van der Waals surface area contributed by atoms with Crippen molar-refractivity contribution in [1.29, 1.82) is 0 Å². The van der Waals surface area contributed by atoms with Gasteiger partial charge in [-0.1, -0.05) is 22.0 Å². The molecule has 1 aromatic carbocycles. The maximum atomic E-state index is 12.3. The van der Waals surface area contributed by atoms with E-state index in [-0.39, 0.29) is 4.90 Å². The van der Waals surface area contributed by atoms with E-state index in [9.17, 15) is 8.42 Å². The molecule has 1 aromatic heterocycles. The number of imidazole rings is 1. The number of H-pyrrole nitrogens is 1. The van der Waals surface area contributed by atoms with Gasteiger partial charge in [0, 0.05) is 16.9 Å². The van der Waals surface area contributed by atoms with Gasteiger partial charge >= 0.3 is 0 Å². The lowest BCUT2D eigenvalue weighted by Crippen LogP contribution is -2.28. The summed E-state index contributed by atoms with van der Waals surface area (Å²) in [6.07, 6.45) is 3.25. The van der Waals surface area contributed by atoms with Crippen molar-refractivity contribution in [3.8, 4) is 0 Å². The van der Waals surface area contributed by atoms with Gasteiger partial charge in [0.1, 0.15) is 5.82 Å². The minimum atomic E-state index is -3.58. The molecule has 0 bridgehead atoms. The second-order valence-electron chi connectivity index (χ2n) is 4.23. The average Bonchev–Trinajstić information content (AvgIpc) is 2.85. The SMILES string of the molecule is Cc1ccc(Br)cc1S(=O)(=O)NC(C)c1ncc[nH]1. The molecule has 0 aliphatic carbocycles. The van der Waals surface area contributed by atoms with E-state index in [2.05, 4.69) is 30.6 Å². The number of benzene rings is 1. The van der Waals surface area contributed by atoms with Gasteiger partial charge in [-0.25, -0.2) is 18.1 Å². The molecule has 1 atom stereocenters. The molecule has 102 valence electrons. The Morgan fingerprint density at radius 1 is 1.42 bits per heavy atom. The molecule has 0 aliphatic heterocycles. The Labute approximate surface area is 120 Å². The number of halogens is 1. The Bertz CT molecular complexity index is 668. The minimum absolute atomic E-state index is 0.264. The second kappa shape index (κ2) is 5.44. The van der Waals surface area contributed by atoms with Crippen LogP contribution in [-0.4, -0.2) is 18.4 Å². The Kier molecular flexibility index (Phi) is 4.07. The van der Waals surface area contributed by atoms with E-state index in [1.807, 2.05) is 6.07 Å². The largest absolute Gasteiger partial charge is 0.347 e. The highest BCUT2D eigenvalue weighted by atomic mass is 79.9. The first-order chi connectivity index (χ1) is 8.90. The van der Waals surface area contributed by atoms with Crippen LogP contribution in [0.1, 0.15) is 24.4 Å². The molecule has 7 heteroatoms. The molecule has 0 saturated heterocycles. The number of hydrogen-bond donors (Lipinski definition) is 2. The smallest absolute Gasteiger partial charge is 0.241 e. The lowest BCUT2D eigenvalue weighted by molar-refractivity contribution is 0.560. The molecule has 2 aromatic rings. The minimum Gasteiger partial charge on any atom is -0.347 e. The Morgan fingerprint density at radius 2 is 2.16 bits per heavy atom. The third-order valence-corrected chi connectivity index (χ3v) is 4.88. The number of nitrogens with one attached hydrogen (secondary N) is 2. The lowest BCUT2D eigenvalue weighted by atomic mass is 10.2. The van der Waals surface area contributed by atoms with Crippen molar-refractivity contribution in [2.24, 2.45) is 0 Å². The first kappa shape index (κ1) is 14.2. The van der Waals surface area contributed by atoms with Gasteiger partial charge in [0.05, 0.1) is 10.9 Å². The molecular weight excluding hydrogens is 330 g/mol. The van der Waals surface area contributed by atoms with Crippen LogP contribution in [0.2, 0.25) is 0 Å². The fraction of sp³-hybridized carbons (Fsp3) is 0.250. The lowest BCUT2D eigenvalue weighted by Gasteiger charge is -2.14. The van der Waals surface area contributed by atoms with Crippen molar-refractivity contribution in [1.82, 2.24) is 14.7 Å². The third-order valence-electron chi connectivity index (χ3n) is 2.70. The van der Waals surface area contributed by atoms with E-state index in [0.717, 1.165) is 4.47 Å². The predicted octanol–water partition coefficient (Wildman–Crippen LogP) is 2.52. The first-order valence-corrected chi connectivity index (χ1v) is 7.95. The second-order valence-corrected chi connectivity index (χ2v) is 6.83. The molecule has 0 amide bonds. The van der Waals surface area contributed by atoms with Crippen LogP contribution in [0.15, 0.2) is 40.0 Å². The summed E-state index contributed by atoms with van der Waals surface area (Å²) in [5, 5.41) is 0. The van der Waals surface area contributed by atoms with Gasteiger partial charge in [0.15, 0.2) is 0 Å². The molecule has 0 fully saturated rings. The molecule has 0 radical (unpaired) electrons. The first-order valence-electron chi connectivity index (χ1n) is 5.68. The maximum absolute atomic E-state index is 12.3. The summed E-state index contributed by atoms with van der Waals surface area (Å²) in [7, 11) is -3.58. The number of aromatic amines is 1. The van der Waals surface area contributed by atoms with Crippen molar-refractivity contribution in [2.45, 2.75) is 24.8 Å². The Balaban J connectivity index is 2.30. The highest BCUT2D eigenvalue weighted by molar-refractivity contribution is 9.10. The number of nitrogens with zero attached hydrogens (tertiary/aromatic N) is 1. The molecule has 1 heterocycles. The standard InChI is InChI=1S/C12H14BrN3O2S/c1-8-3-4-10(13)7-11(8)19(17,18)16-9(2)12-14-5-6-15-12/h3-7,9,16H,1-2H3,(H,14,15). The Morgan fingerprint density at radius 3 is 2.79 bits per heavy atom. The zero-order chi connectivity index (χ0) is 14.0. The molecule has 2 rings (SSSR count). The summed E-state index contributed by atoms with van der Waals surface area (Å²) in [4.78, 5) is 7.20. The van der Waals surface area contributed by atoms with Gasteiger partial charge in [-0.3, -0.25) is 0 Å². The zero-order valence-electron chi connectivity index (χ0n) is 10.5. The summed E-state index contributed by atoms with van der Waals surface area (Å²) in [5.74, 6) is 0.580. The van der Waals surface area contributed by atoms with Gasteiger partial charge in [0.2, 0.25) is 10.0 Å². The van der Waals surface area contributed by atoms with Crippen LogP contribution in [0.4, 0.5) is 0 Å². The van der Waals surface area contributed by atoms with E-state index in [1.165, 1.54) is 0 Å². The summed E-state index contributed by atoms with van der Waals surface area (Å²) >= 11 is 3.28. The van der Waals surface area contributed by atoms with Gasteiger partial charge in [0.25, 0.3) is 0 Å². The van der Waals surface area contributed by atoms with Crippen LogP contribution >= 0.6 is 15.9 Å². The molecule has 2 N–H and O–H groups in total. The molecule has 5 nitrogen and oxygen atoms in total. The molecule has 0 saturated carbocycles. The molecule has 0 spiro atoms. The topological polar surface area (TPSA) is 74.8 Å². The zero-order valence-corrected chi connectivity index (χ0v) is 12.9. The van der Waals surface area contributed by atoms with E-state index in [4.69, 9.17) is 0 Å². The van der Waals surface area contributed by atoms with Crippen molar-refractivity contribution in [3.63, 3.8) is 0 Å². The van der Waals surface area contributed by atoms with Crippen LogP contribution < -0.4 is 4.72 Å². The van der Waals surface area contributed by atoms with Crippen molar-refractivity contribution >= 4 is 26.0 Å². The summed E-state index contributed by atoms with van der Waals surface area (Å²) in [6.45, 7) is 3.50. The summed E-state index contributed by atoms with van der Waals surface area (Å²) < 4.78 is 28.0. The van der Waals surface area contributed by atoms with Crippen molar-refractivity contribution < 1.29 is 8.42 Å². The van der Waals surface area contributed by atoms with Crippen LogP contribution in [0.5, 0.6) is 0 Å². The summed E-state index contributed by atoms with van der Waals surface area (Å²) in [6, 6.07) is 4.74. The van der Waals surface area contributed by atoms with Gasteiger partial charge in [-0.15, -0.1) is 0 Å². The maximum Gasteiger partial charge on any atom is 0.241 e. The van der Waals surface area contributed by atoms with Gasteiger partial charge in [-0.2, -0.15) is 0 Å². The highest BCUT2D eigenvalue weighted by Gasteiger charge is 2.21. The fourth-order valence-corrected chi connectivity index (χ4v) is 3.72. The van der Waals surface area contributed by atoms with Gasteiger partial charge < -0.3 is 4.98 Å². The quantitative estimate of drug-likeness (QED) is 0.895. The number of hydrogen-bond acceptors (Lipinski definition) is 3. The predicted molar refractivity (Wildman–Crippen MR) is 76.2 cm³/mol. The fourth-order valence-electron chi connectivity index (χ4n) is 1.73. The van der Waals surface area contributed by atoms with Crippen LogP contribution in [0.25, 0.3) is 0 Å². The average molecular weight is 344 g/mol. The van der Waals surface area contributed by atoms with Crippen LogP contribution in [0, 0.1) is 6.92 Å². The Hall–Kier alpha value is -1.18. The number of rotatable bonds is 4. The number of aromatic nitrogens is 2. The highest BCUT2D eigenvalue weighted by Crippen LogP contribution is 2.22. The number of sulfonamides is 1. The molecule has 19 heavy (non-hydrogen) atoms. The summed E-state index contributed by atoms with van der Waals surface area (Å²) in [5.41, 5.74) is 0.697. The van der Waals surface area contributed by atoms with Gasteiger partial charge in [-0.05, 0) is 31.5 Å². The van der Waals surface area contributed by atoms with Crippen molar-refractivity contribution in [3.05, 3.63) is 46.5 Å². The van der Waals surface area contributed by atoms with E-state index >= 15 is 0 Å². The van der Waals surface area contributed by atoms with Crippen LogP contribution in [0.3, 0.4) is 0 Å². The molecular formula is C12H14BrN3O2S.